The molecule has 2 aromatic carbocycles. The molecule has 0 fully saturated rings. The number of carbonyl (C=O) groups excluding carboxylic acids is 1. The van der Waals surface area contributed by atoms with Gasteiger partial charge in [0.15, 0.2) is 12.6 Å². The number of nitrogens with zero attached hydrogens (tertiary/aromatic N) is 1. The second kappa shape index (κ2) is 14.3. The summed E-state index contributed by atoms with van der Waals surface area (Å²) >= 11 is 12.1. The number of hydrogen-bond donors (Lipinski definition) is 3. The Labute approximate surface area is 204 Å². The van der Waals surface area contributed by atoms with Crippen LogP contribution in [-0.2, 0) is 17.6 Å². The van der Waals surface area contributed by atoms with Crippen molar-refractivity contribution in [1.29, 1.82) is 0 Å². The molecule has 0 bridgehead atoms. The van der Waals surface area contributed by atoms with E-state index in [1.807, 2.05) is 36.4 Å². The lowest BCUT2D eigenvalue weighted by Gasteiger charge is -2.12. The monoisotopic (exact) mass is 564 g/mol. The van der Waals surface area contributed by atoms with E-state index in [4.69, 9.17) is 33.7 Å². The number of benzene rings is 2. The fourth-order valence-corrected chi connectivity index (χ4v) is 3.17. The molecule has 0 unspecified atom stereocenters. The van der Waals surface area contributed by atoms with Crippen molar-refractivity contribution in [3.05, 3.63) is 63.6 Å². The minimum Gasteiger partial charge on any atom is -0.484 e. The summed E-state index contributed by atoms with van der Waals surface area (Å²) in [7, 11) is 1.75. The molecule has 0 atom stereocenters. The van der Waals surface area contributed by atoms with Gasteiger partial charge in [-0.25, -0.2) is 0 Å². The average molecular weight is 565 g/mol. The Balaban J connectivity index is 0.00000450. The number of aryl methyl sites for hydroxylation is 1. The third-order valence-electron chi connectivity index (χ3n) is 4.16. The molecule has 0 spiro atoms. The Bertz CT molecular complexity index is 832. The van der Waals surface area contributed by atoms with Crippen LogP contribution in [0.3, 0.4) is 0 Å². The Morgan fingerprint density at radius 1 is 1.07 bits per heavy atom. The van der Waals surface area contributed by atoms with Crippen LogP contribution >= 0.6 is 47.2 Å². The molecule has 0 heterocycles. The Kier molecular flexibility index (Phi) is 12.6. The number of guanidine groups is 1. The summed E-state index contributed by atoms with van der Waals surface area (Å²) in [5, 5.41) is 7.94. The molecule has 4 N–H and O–H groups in total. The van der Waals surface area contributed by atoms with Crippen LogP contribution in [0.5, 0.6) is 5.75 Å². The van der Waals surface area contributed by atoms with Crippen molar-refractivity contribution in [1.82, 2.24) is 10.6 Å². The maximum atomic E-state index is 10.7. The number of nitrogens with two attached hydrogens (primary N) is 1. The predicted molar refractivity (Wildman–Crippen MR) is 134 cm³/mol. The quantitative estimate of drug-likeness (QED) is 0.177. The zero-order valence-electron chi connectivity index (χ0n) is 16.8. The highest BCUT2D eigenvalue weighted by Crippen LogP contribution is 2.21. The van der Waals surface area contributed by atoms with Gasteiger partial charge in [-0.3, -0.25) is 9.79 Å². The lowest BCUT2D eigenvalue weighted by Crippen LogP contribution is -2.38. The SMILES string of the molecule is CN=C(NCCCc1ccc(Cl)cc1Cl)NCCc1ccc(OCC(N)=O)cc1.I. The number of ether oxygens (including phenoxy) is 1. The number of amides is 1. The normalized spacial score (nSPS) is 10.8. The zero-order valence-corrected chi connectivity index (χ0v) is 20.6. The van der Waals surface area contributed by atoms with Gasteiger partial charge in [0.1, 0.15) is 5.75 Å². The summed E-state index contributed by atoms with van der Waals surface area (Å²) in [6, 6.07) is 13.2. The van der Waals surface area contributed by atoms with Gasteiger partial charge in [0.05, 0.1) is 0 Å². The molecule has 6 nitrogen and oxygen atoms in total. The minimum atomic E-state index is -0.492. The van der Waals surface area contributed by atoms with E-state index in [0.29, 0.717) is 15.8 Å². The second-order valence-corrected chi connectivity index (χ2v) is 7.26. The second-order valence-electron chi connectivity index (χ2n) is 6.41. The molecule has 0 aliphatic heterocycles. The predicted octanol–water partition coefficient (Wildman–Crippen LogP) is 3.82. The first-order valence-electron chi connectivity index (χ1n) is 9.36. The van der Waals surface area contributed by atoms with E-state index < -0.39 is 5.91 Å². The van der Waals surface area contributed by atoms with Gasteiger partial charge in [-0.1, -0.05) is 41.4 Å². The Hall–Kier alpha value is -1.71. The molecular weight excluding hydrogens is 538 g/mol. The number of hydrogen-bond acceptors (Lipinski definition) is 3. The van der Waals surface area contributed by atoms with Crippen molar-refractivity contribution in [3.63, 3.8) is 0 Å². The van der Waals surface area contributed by atoms with Gasteiger partial charge >= 0.3 is 0 Å². The van der Waals surface area contributed by atoms with Crippen molar-refractivity contribution in [2.45, 2.75) is 19.3 Å². The van der Waals surface area contributed by atoms with E-state index in [-0.39, 0.29) is 30.6 Å². The summed E-state index contributed by atoms with van der Waals surface area (Å²) in [6.07, 6.45) is 2.62. The van der Waals surface area contributed by atoms with Crippen LogP contribution in [0.2, 0.25) is 10.0 Å². The van der Waals surface area contributed by atoms with Gasteiger partial charge < -0.3 is 21.1 Å². The Morgan fingerprint density at radius 2 is 1.77 bits per heavy atom. The molecular formula is C21H27Cl2IN4O2. The summed E-state index contributed by atoms with van der Waals surface area (Å²) in [4.78, 5) is 15.0. The first-order valence-corrected chi connectivity index (χ1v) is 10.1. The topological polar surface area (TPSA) is 88.7 Å². The van der Waals surface area contributed by atoms with Gasteiger partial charge in [-0.05, 0) is 54.7 Å². The van der Waals surface area contributed by atoms with Crippen molar-refractivity contribution in [3.8, 4) is 5.75 Å². The molecule has 0 aromatic heterocycles. The van der Waals surface area contributed by atoms with Gasteiger partial charge in [0, 0.05) is 30.2 Å². The van der Waals surface area contributed by atoms with Crippen molar-refractivity contribution in [2.75, 3.05) is 26.7 Å². The first-order chi connectivity index (χ1) is 14.0. The van der Waals surface area contributed by atoms with Crippen LogP contribution in [0, 0.1) is 0 Å². The van der Waals surface area contributed by atoms with E-state index in [0.717, 1.165) is 49.4 Å². The number of rotatable bonds is 10. The highest BCUT2D eigenvalue weighted by Gasteiger charge is 2.03. The fraction of sp³-hybridized carbons (Fsp3) is 0.333. The molecule has 0 aliphatic carbocycles. The molecule has 9 heteroatoms. The molecule has 30 heavy (non-hydrogen) atoms. The van der Waals surface area contributed by atoms with Crippen molar-refractivity contribution < 1.29 is 9.53 Å². The van der Waals surface area contributed by atoms with E-state index in [9.17, 15) is 4.79 Å². The van der Waals surface area contributed by atoms with Gasteiger partial charge in [0.25, 0.3) is 5.91 Å². The van der Waals surface area contributed by atoms with Gasteiger partial charge in [0.2, 0.25) is 0 Å². The molecule has 1 amide bonds. The average Bonchev–Trinajstić information content (AvgIpc) is 2.70. The number of carbonyl (C=O) groups is 1. The highest BCUT2D eigenvalue weighted by atomic mass is 127. The molecule has 0 aliphatic rings. The lowest BCUT2D eigenvalue weighted by atomic mass is 10.1. The van der Waals surface area contributed by atoms with Crippen molar-refractivity contribution >= 4 is 59.0 Å². The number of primary amides is 1. The van der Waals surface area contributed by atoms with E-state index in [1.165, 1.54) is 0 Å². The van der Waals surface area contributed by atoms with Crippen LogP contribution < -0.4 is 21.1 Å². The van der Waals surface area contributed by atoms with Gasteiger partial charge in [-0.2, -0.15) is 0 Å². The molecule has 2 aromatic rings. The maximum Gasteiger partial charge on any atom is 0.255 e. The van der Waals surface area contributed by atoms with Gasteiger partial charge in [-0.15, -0.1) is 24.0 Å². The lowest BCUT2D eigenvalue weighted by molar-refractivity contribution is -0.119. The summed E-state index contributed by atoms with van der Waals surface area (Å²) in [5.74, 6) is 0.890. The first kappa shape index (κ1) is 26.3. The van der Waals surface area contributed by atoms with Crippen LogP contribution in [0.15, 0.2) is 47.5 Å². The smallest absolute Gasteiger partial charge is 0.255 e. The number of aliphatic imine (C=N–C) groups is 1. The fourth-order valence-electron chi connectivity index (χ4n) is 2.66. The van der Waals surface area contributed by atoms with Crippen LogP contribution in [0.25, 0.3) is 0 Å². The number of halogens is 3. The minimum absolute atomic E-state index is 0. The van der Waals surface area contributed by atoms with Crippen LogP contribution in [-0.4, -0.2) is 38.6 Å². The van der Waals surface area contributed by atoms with Crippen LogP contribution in [0.4, 0.5) is 0 Å². The molecule has 164 valence electrons. The molecule has 0 saturated carbocycles. The van der Waals surface area contributed by atoms with Crippen molar-refractivity contribution in [2.24, 2.45) is 10.7 Å². The summed E-state index contributed by atoms with van der Waals surface area (Å²) < 4.78 is 5.25. The highest BCUT2D eigenvalue weighted by molar-refractivity contribution is 14.0. The number of nitrogens with one attached hydrogen (secondary N) is 2. The largest absolute Gasteiger partial charge is 0.484 e. The molecule has 0 saturated heterocycles. The summed E-state index contributed by atoms with van der Waals surface area (Å²) in [5.41, 5.74) is 7.30. The van der Waals surface area contributed by atoms with E-state index in [1.54, 1.807) is 13.1 Å². The van der Waals surface area contributed by atoms with E-state index in [2.05, 4.69) is 15.6 Å². The summed E-state index contributed by atoms with van der Waals surface area (Å²) in [6.45, 7) is 1.40. The zero-order chi connectivity index (χ0) is 21.1. The third-order valence-corrected chi connectivity index (χ3v) is 4.75. The standard InChI is InChI=1S/C21H26Cl2N4O2.HI/c1-25-21(26-11-2-3-16-6-7-17(22)13-19(16)23)27-12-10-15-4-8-18(9-5-15)29-14-20(24)28;/h4-9,13H,2-3,10-12,14H2,1H3,(H2,24,28)(H2,25,26,27);1H. The molecule has 0 radical (unpaired) electrons. The molecule has 2 rings (SSSR count). The van der Waals surface area contributed by atoms with E-state index >= 15 is 0 Å². The van der Waals surface area contributed by atoms with Crippen LogP contribution in [0.1, 0.15) is 17.5 Å². The maximum absolute atomic E-state index is 10.7. The Morgan fingerprint density at radius 3 is 2.40 bits per heavy atom. The third kappa shape index (κ3) is 9.86.